The van der Waals surface area contributed by atoms with E-state index in [1.54, 1.807) is 30.3 Å². The van der Waals surface area contributed by atoms with Gasteiger partial charge in [0.25, 0.3) is 0 Å². The molecule has 3 rings (SSSR count). The number of aromatic nitrogens is 2. The number of hydrogen-bond acceptors (Lipinski definition) is 6. The Labute approximate surface area is 172 Å². The molecule has 1 aromatic heterocycles. The van der Waals surface area contributed by atoms with Gasteiger partial charge in [0.15, 0.2) is 0 Å². The van der Waals surface area contributed by atoms with Crippen molar-refractivity contribution < 1.29 is 8.22 Å². The number of rotatable bonds is 5. The average molecular weight is 372 g/mol. The molecule has 28 heavy (non-hydrogen) atoms. The molecule has 0 atom stereocenters. The second kappa shape index (κ2) is 8.48. The van der Waals surface area contributed by atoms with Crippen LogP contribution in [-0.2, 0) is 0 Å². The molecule has 0 aliphatic heterocycles. The highest BCUT2D eigenvalue weighted by Crippen LogP contribution is 2.26. The van der Waals surface area contributed by atoms with Crippen LogP contribution in [0.2, 0.25) is 0 Å². The lowest BCUT2D eigenvalue weighted by molar-refractivity contribution is 1.16. The van der Waals surface area contributed by atoms with Crippen molar-refractivity contribution in [3.63, 3.8) is 0 Å². The number of nitriles is 2. The molecule has 3 aromatic rings. The van der Waals surface area contributed by atoms with Gasteiger partial charge in [-0.2, -0.15) is 15.5 Å². The first kappa shape index (κ1) is 12.3. The van der Waals surface area contributed by atoms with E-state index in [1.807, 2.05) is 13.8 Å². The maximum Gasteiger partial charge on any atom is 0.229 e. The standard InChI is InChI=1S/C22H18N6/c1-15-12-18(4-3-10-23)13-16(2)21(15)27-20-9-11-25-22(28-20)26-19-7-5-17(14-24)6-8-19/h3-9,11-13H,1-2H3,(H2,25,26,27,28)/b4-3+/i3D,4D,5D,6D,7D,8D. The van der Waals surface area contributed by atoms with Crippen molar-refractivity contribution in [2.45, 2.75) is 13.8 Å². The fourth-order valence-corrected chi connectivity index (χ4v) is 2.49. The average Bonchev–Trinajstić information content (AvgIpc) is 2.82. The van der Waals surface area contributed by atoms with Crippen molar-refractivity contribution in [1.29, 1.82) is 10.5 Å². The molecular formula is C22H18N6. The molecule has 0 saturated heterocycles. The summed E-state index contributed by atoms with van der Waals surface area (Å²) in [4.78, 5) is 8.39. The molecule has 0 fully saturated rings. The van der Waals surface area contributed by atoms with Gasteiger partial charge in [0.05, 0.1) is 25.9 Å². The molecule has 0 radical (unpaired) electrons. The SMILES string of the molecule is [2H]/C(C#N)=C(/[2H])c1cc(C)c(Nc2ccnc(Nc3c([2H])c([2H])c(C#N)c([2H])c3[2H])n2)c(C)c1. The molecule has 0 saturated carbocycles. The number of nitrogens with zero attached hydrogens (tertiary/aromatic N) is 4. The van der Waals surface area contributed by atoms with Crippen molar-refractivity contribution >= 4 is 29.2 Å². The quantitative estimate of drug-likeness (QED) is 0.612. The number of anilines is 4. The second-order valence-corrected chi connectivity index (χ2v) is 5.72. The maximum atomic E-state index is 9.09. The van der Waals surface area contributed by atoms with Crippen LogP contribution in [0.3, 0.4) is 0 Å². The van der Waals surface area contributed by atoms with E-state index in [4.69, 9.17) is 18.7 Å². The molecule has 6 heteroatoms. The third-order valence-corrected chi connectivity index (χ3v) is 3.68. The fourth-order valence-electron chi connectivity index (χ4n) is 2.49. The van der Waals surface area contributed by atoms with Crippen LogP contribution in [0.1, 0.15) is 30.5 Å². The van der Waals surface area contributed by atoms with Gasteiger partial charge in [-0.15, -0.1) is 0 Å². The predicted octanol–water partition coefficient (Wildman–Crippen LogP) is 4.99. The van der Waals surface area contributed by atoms with Crippen molar-refractivity contribution in [3.8, 4) is 12.1 Å². The van der Waals surface area contributed by atoms with Crippen LogP contribution in [-0.4, -0.2) is 9.97 Å². The molecular weight excluding hydrogens is 348 g/mol. The lowest BCUT2D eigenvalue weighted by Crippen LogP contribution is -2.02. The number of benzene rings is 2. The van der Waals surface area contributed by atoms with Gasteiger partial charge in [0.2, 0.25) is 5.95 Å². The van der Waals surface area contributed by atoms with Gasteiger partial charge in [-0.25, -0.2) is 4.98 Å². The van der Waals surface area contributed by atoms with E-state index < -0.39 is 30.2 Å². The molecule has 0 unspecified atom stereocenters. The van der Waals surface area contributed by atoms with Crippen molar-refractivity contribution in [3.05, 3.63) is 76.9 Å². The molecule has 0 bridgehead atoms. The molecule has 1 heterocycles. The number of hydrogen-bond donors (Lipinski definition) is 2. The molecule has 136 valence electrons. The zero-order chi connectivity index (χ0) is 25.2. The molecule has 0 aliphatic rings. The van der Waals surface area contributed by atoms with Gasteiger partial charge in [-0.05, 0) is 79.0 Å². The molecule has 0 spiro atoms. The first-order valence-corrected chi connectivity index (χ1v) is 8.15. The normalized spacial score (nSPS) is 14.0. The summed E-state index contributed by atoms with van der Waals surface area (Å²) in [6.07, 6.45) is 1.45. The Morgan fingerprint density at radius 3 is 2.46 bits per heavy atom. The van der Waals surface area contributed by atoms with Gasteiger partial charge in [-0.3, -0.25) is 0 Å². The van der Waals surface area contributed by atoms with Gasteiger partial charge < -0.3 is 10.6 Å². The minimum atomic E-state index is -0.457. The monoisotopic (exact) mass is 372 g/mol. The number of nitrogens with one attached hydrogen (secondary N) is 2. The van der Waals surface area contributed by atoms with Gasteiger partial charge >= 0.3 is 0 Å². The summed E-state index contributed by atoms with van der Waals surface area (Å²) < 4.78 is 47.5. The van der Waals surface area contributed by atoms with Crippen molar-refractivity contribution in [2.75, 3.05) is 10.6 Å². The van der Waals surface area contributed by atoms with E-state index in [0.29, 0.717) is 17.1 Å². The van der Waals surface area contributed by atoms with Gasteiger partial charge in [0, 0.05) is 23.6 Å². The Hall–Kier alpha value is -4.16. The zero-order valence-corrected chi connectivity index (χ0v) is 15.1. The van der Waals surface area contributed by atoms with Crippen LogP contribution in [0.4, 0.5) is 23.1 Å². The Balaban J connectivity index is 1.94. The summed E-state index contributed by atoms with van der Waals surface area (Å²) in [7, 11) is 0. The Morgan fingerprint density at radius 2 is 1.82 bits per heavy atom. The highest BCUT2D eigenvalue weighted by molar-refractivity contribution is 5.69. The lowest BCUT2D eigenvalue weighted by atomic mass is 10.0. The molecule has 2 aromatic carbocycles. The van der Waals surface area contributed by atoms with E-state index in [0.717, 1.165) is 11.1 Å². The van der Waals surface area contributed by atoms with E-state index in [-0.39, 0.29) is 23.3 Å². The van der Waals surface area contributed by atoms with E-state index in [2.05, 4.69) is 20.6 Å². The van der Waals surface area contributed by atoms with Crippen LogP contribution in [0.25, 0.3) is 6.05 Å². The zero-order valence-electron chi connectivity index (χ0n) is 21.1. The summed E-state index contributed by atoms with van der Waals surface area (Å²) in [5.41, 5.74) is 2.16. The van der Waals surface area contributed by atoms with Crippen LogP contribution < -0.4 is 10.6 Å². The Kier molecular flexibility index (Phi) is 3.72. The first-order valence-electron chi connectivity index (χ1n) is 11.2. The van der Waals surface area contributed by atoms with Crippen LogP contribution in [0.15, 0.2) is 54.6 Å². The van der Waals surface area contributed by atoms with Crippen molar-refractivity contribution in [2.24, 2.45) is 0 Å². The summed E-state index contributed by atoms with van der Waals surface area (Å²) in [5, 5.41) is 23.8. The Morgan fingerprint density at radius 1 is 1.11 bits per heavy atom. The molecule has 0 aliphatic carbocycles. The van der Waals surface area contributed by atoms with E-state index in [1.165, 1.54) is 6.20 Å². The smallest absolute Gasteiger partial charge is 0.229 e. The van der Waals surface area contributed by atoms with Crippen LogP contribution in [0.5, 0.6) is 0 Å². The van der Waals surface area contributed by atoms with Gasteiger partial charge in [-0.1, -0.05) is 0 Å². The number of aryl methyl sites for hydroxylation is 2. The minimum absolute atomic E-state index is 0.0201. The number of allylic oxidation sites excluding steroid dienone is 1. The van der Waals surface area contributed by atoms with E-state index >= 15 is 0 Å². The van der Waals surface area contributed by atoms with Crippen LogP contribution >= 0.6 is 0 Å². The predicted molar refractivity (Wildman–Crippen MR) is 110 cm³/mol. The largest absolute Gasteiger partial charge is 0.340 e. The summed E-state index contributed by atoms with van der Waals surface area (Å²) in [6.45, 7) is 3.62. The van der Waals surface area contributed by atoms with Crippen molar-refractivity contribution in [1.82, 2.24) is 9.97 Å². The lowest BCUT2D eigenvalue weighted by Gasteiger charge is -2.14. The van der Waals surface area contributed by atoms with Gasteiger partial charge in [0.1, 0.15) is 5.82 Å². The minimum Gasteiger partial charge on any atom is -0.340 e. The molecule has 0 amide bonds. The highest BCUT2D eigenvalue weighted by Gasteiger charge is 2.07. The topological polar surface area (TPSA) is 97.4 Å². The maximum absolute atomic E-state index is 9.09. The third kappa shape index (κ3) is 4.51. The molecule has 2 N–H and O–H groups in total. The summed E-state index contributed by atoms with van der Waals surface area (Å²) in [5.74, 6) is 0.395. The summed E-state index contributed by atoms with van der Waals surface area (Å²) >= 11 is 0. The molecule has 6 nitrogen and oxygen atoms in total. The third-order valence-electron chi connectivity index (χ3n) is 3.68. The Bertz CT molecular complexity index is 1370. The first-order chi connectivity index (χ1) is 16.1. The summed E-state index contributed by atoms with van der Waals surface area (Å²) in [6, 6.07) is 5.97. The highest BCUT2D eigenvalue weighted by atomic mass is 15.1. The fraction of sp³-hybridized carbons (Fsp3) is 0.0909. The van der Waals surface area contributed by atoms with Crippen LogP contribution in [0, 0.1) is 36.5 Å². The van der Waals surface area contributed by atoms with E-state index in [9.17, 15) is 0 Å². The second-order valence-electron chi connectivity index (χ2n) is 5.72.